The van der Waals surface area contributed by atoms with Crippen LogP contribution in [-0.4, -0.2) is 23.2 Å². The van der Waals surface area contributed by atoms with Crippen LogP contribution in [0.5, 0.6) is 0 Å². The van der Waals surface area contributed by atoms with Crippen LogP contribution < -0.4 is 5.32 Å². The summed E-state index contributed by atoms with van der Waals surface area (Å²) >= 11 is 1.65. The zero-order chi connectivity index (χ0) is 16.9. The Balaban J connectivity index is 1.41. The van der Waals surface area contributed by atoms with Gasteiger partial charge in [-0.25, -0.2) is 4.98 Å². The topological polar surface area (TPSA) is 59.1 Å². The molecule has 0 aliphatic heterocycles. The number of ketones is 1. The zero-order valence-corrected chi connectivity index (χ0v) is 14.7. The van der Waals surface area contributed by atoms with Gasteiger partial charge in [0.05, 0.1) is 5.01 Å². The molecule has 24 heavy (non-hydrogen) atoms. The lowest BCUT2D eigenvalue weighted by molar-refractivity contribution is -0.121. The predicted octanol–water partition coefficient (Wildman–Crippen LogP) is 3.26. The fourth-order valence-corrected chi connectivity index (χ4v) is 3.82. The van der Waals surface area contributed by atoms with Gasteiger partial charge in [-0.15, -0.1) is 11.3 Å². The predicted molar refractivity (Wildman–Crippen MR) is 95.6 cm³/mol. The van der Waals surface area contributed by atoms with Crippen molar-refractivity contribution in [2.45, 2.75) is 45.4 Å². The Hall–Kier alpha value is -2.01. The molecule has 126 valence electrons. The first-order valence-corrected chi connectivity index (χ1v) is 9.26. The van der Waals surface area contributed by atoms with E-state index in [2.05, 4.69) is 16.4 Å². The first-order chi connectivity index (χ1) is 11.6. The summed E-state index contributed by atoms with van der Waals surface area (Å²) in [4.78, 5) is 29.6. The van der Waals surface area contributed by atoms with E-state index in [0.29, 0.717) is 6.54 Å². The molecule has 0 radical (unpaired) electrons. The Morgan fingerprint density at radius 3 is 2.83 bits per heavy atom. The minimum atomic E-state index is -0.0715. The minimum absolute atomic E-state index is 0.0513. The molecule has 0 fully saturated rings. The highest BCUT2D eigenvalue weighted by molar-refractivity contribution is 7.11. The molecule has 1 N–H and O–H groups in total. The van der Waals surface area contributed by atoms with E-state index in [-0.39, 0.29) is 24.5 Å². The second-order valence-electron chi connectivity index (χ2n) is 6.22. The van der Waals surface area contributed by atoms with E-state index in [1.165, 1.54) is 22.4 Å². The van der Waals surface area contributed by atoms with Crippen LogP contribution in [0.2, 0.25) is 0 Å². The number of fused-ring (bicyclic) bond motifs is 1. The van der Waals surface area contributed by atoms with Crippen LogP contribution in [0.4, 0.5) is 0 Å². The number of thiazole rings is 1. The van der Waals surface area contributed by atoms with E-state index in [1.54, 1.807) is 11.3 Å². The van der Waals surface area contributed by atoms with Crippen molar-refractivity contribution in [3.05, 3.63) is 51.0 Å². The van der Waals surface area contributed by atoms with Gasteiger partial charge in [0.15, 0.2) is 5.78 Å². The molecule has 0 saturated carbocycles. The summed E-state index contributed by atoms with van der Waals surface area (Å²) in [6, 6.07) is 5.97. The highest BCUT2D eigenvalue weighted by Gasteiger charge is 2.14. The normalized spacial score (nSPS) is 12.9. The van der Waals surface area contributed by atoms with Crippen molar-refractivity contribution >= 4 is 23.0 Å². The number of benzene rings is 1. The van der Waals surface area contributed by atoms with Gasteiger partial charge in [-0.05, 0) is 43.4 Å². The summed E-state index contributed by atoms with van der Waals surface area (Å²) in [5, 5.41) is 3.89. The molecule has 5 heteroatoms. The van der Waals surface area contributed by atoms with Gasteiger partial charge in [-0.2, -0.15) is 0 Å². The van der Waals surface area contributed by atoms with Crippen LogP contribution in [0.3, 0.4) is 0 Å². The third kappa shape index (κ3) is 4.29. The van der Waals surface area contributed by atoms with E-state index in [0.717, 1.165) is 29.8 Å². The third-order valence-corrected chi connectivity index (χ3v) is 5.30. The standard InChI is InChI=1S/C19H22N2O2S/c1-13-12-21-19(24-13)9-10-20-18(23)8-7-17(22)16-6-5-14-3-2-4-15(14)11-16/h5-6,11-12H,2-4,7-10H2,1H3,(H,20,23). The average Bonchev–Trinajstić information content (AvgIpc) is 3.20. The molecule has 0 atom stereocenters. The van der Waals surface area contributed by atoms with Gasteiger partial charge in [-0.1, -0.05) is 12.1 Å². The number of hydrogen-bond acceptors (Lipinski definition) is 4. The molecule has 0 unspecified atom stereocenters. The molecule has 1 aliphatic carbocycles. The summed E-state index contributed by atoms with van der Waals surface area (Å²) in [7, 11) is 0. The lowest BCUT2D eigenvalue weighted by Gasteiger charge is -2.06. The van der Waals surface area contributed by atoms with E-state index in [1.807, 2.05) is 25.3 Å². The Bertz CT molecular complexity index is 752. The first kappa shape index (κ1) is 16.8. The van der Waals surface area contributed by atoms with Gasteiger partial charge in [-0.3, -0.25) is 9.59 Å². The van der Waals surface area contributed by atoms with E-state index >= 15 is 0 Å². The van der Waals surface area contributed by atoms with Crippen LogP contribution in [0.1, 0.15) is 50.6 Å². The van der Waals surface area contributed by atoms with Crippen LogP contribution in [0.25, 0.3) is 0 Å². The number of carbonyl (C=O) groups excluding carboxylic acids is 2. The van der Waals surface area contributed by atoms with Crippen LogP contribution in [0.15, 0.2) is 24.4 Å². The second-order valence-corrected chi connectivity index (χ2v) is 7.54. The highest BCUT2D eigenvalue weighted by Crippen LogP contribution is 2.23. The van der Waals surface area contributed by atoms with Crippen molar-refractivity contribution in [2.24, 2.45) is 0 Å². The molecule has 1 heterocycles. The molecule has 0 spiro atoms. The number of nitrogens with zero attached hydrogens (tertiary/aromatic N) is 1. The number of nitrogens with one attached hydrogen (secondary N) is 1. The van der Waals surface area contributed by atoms with Crippen molar-refractivity contribution in [3.8, 4) is 0 Å². The molecule has 1 amide bonds. The van der Waals surface area contributed by atoms with Gasteiger partial charge in [0.2, 0.25) is 5.91 Å². The highest BCUT2D eigenvalue weighted by atomic mass is 32.1. The number of Topliss-reactive ketones (excluding diaryl/α,β-unsaturated/α-hetero) is 1. The van der Waals surface area contributed by atoms with Gasteiger partial charge in [0, 0.05) is 42.4 Å². The second kappa shape index (κ2) is 7.71. The van der Waals surface area contributed by atoms with Crippen molar-refractivity contribution in [3.63, 3.8) is 0 Å². The Labute approximate surface area is 146 Å². The smallest absolute Gasteiger partial charge is 0.220 e. The van der Waals surface area contributed by atoms with Crippen LogP contribution in [0, 0.1) is 6.92 Å². The number of aryl methyl sites for hydroxylation is 3. The maximum absolute atomic E-state index is 12.3. The van der Waals surface area contributed by atoms with Crippen molar-refractivity contribution < 1.29 is 9.59 Å². The van der Waals surface area contributed by atoms with Gasteiger partial charge in [0.25, 0.3) is 0 Å². The maximum atomic E-state index is 12.3. The summed E-state index contributed by atoms with van der Waals surface area (Å²) in [5.74, 6) is -0.0202. The average molecular weight is 342 g/mol. The molecular weight excluding hydrogens is 320 g/mol. The summed E-state index contributed by atoms with van der Waals surface area (Å²) < 4.78 is 0. The zero-order valence-electron chi connectivity index (χ0n) is 13.9. The minimum Gasteiger partial charge on any atom is -0.356 e. The van der Waals surface area contributed by atoms with Crippen molar-refractivity contribution in [2.75, 3.05) is 6.54 Å². The van der Waals surface area contributed by atoms with E-state index in [4.69, 9.17) is 0 Å². The van der Waals surface area contributed by atoms with Crippen LogP contribution >= 0.6 is 11.3 Å². The first-order valence-electron chi connectivity index (χ1n) is 8.45. The lowest BCUT2D eigenvalue weighted by atomic mass is 10.0. The molecule has 1 aromatic carbocycles. The largest absolute Gasteiger partial charge is 0.356 e. The molecular formula is C19H22N2O2S. The number of aromatic nitrogens is 1. The summed E-state index contributed by atoms with van der Waals surface area (Å²) in [5.41, 5.74) is 3.40. The number of carbonyl (C=O) groups is 2. The van der Waals surface area contributed by atoms with Crippen LogP contribution in [-0.2, 0) is 24.1 Å². The SMILES string of the molecule is Cc1cnc(CCNC(=O)CCC(=O)c2ccc3c(c2)CCC3)s1. The van der Waals surface area contributed by atoms with Crippen molar-refractivity contribution in [1.29, 1.82) is 0 Å². The maximum Gasteiger partial charge on any atom is 0.220 e. The fourth-order valence-electron chi connectivity index (χ4n) is 3.03. The lowest BCUT2D eigenvalue weighted by Crippen LogP contribution is -2.26. The Morgan fingerprint density at radius 2 is 2.04 bits per heavy atom. The molecule has 0 bridgehead atoms. The molecule has 2 aromatic rings. The molecule has 1 aliphatic rings. The Morgan fingerprint density at radius 1 is 1.21 bits per heavy atom. The number of hydrogen-bond donors (Lipinski definition) is 1. The molecule has 1 aromatic heterocycles. The Kier molecular flexibility index (Phi) is 5.41. The van der Waals surface area contributed by atoms with Gasteiger partial charge in [0.1, 0.15) is 0 Å². The molecule has 0 saturated heterocycles. The molecule has 3 rings (SSSR count). The van der Waals surface area contributed by atoms with E-state index in [9.17, 15) is 9.59 Å². The van der Waals surface area contributed by atoms with Gasteiger partial charge >= 0.3 is 0 Å². The summed E-state index contributed by atoms with van der Waals surface area (Å²) in [6.45, 7) is 2.59. The monoisotopic (exact) mass is 342 g/mol. The third-order valence-electron chi connectivity index (χ3n) is 4.33. The van der Waals surface area contributed by atoms with Gasteiger partial charge < -0.3 is 5.32 Å². The summed E-state index contributed by atoms with van der Waals surface area (Å²) in [6.07, 6.45) is 6.44. The number of rotatable bonds is 7. The quantitative estimate of drug-likeness (QED) is 0.786. The van der Waals surface area contributed by atoms with E-state index < -0.39 is 0 Å². The molecule has 4 nitrogen and oxygen atoms in total. The number of amides is 1. The van der Waals surface area contributed by atoms with Crippen molar-refractivity contribution in [1.82, 2.24) is 10.3 Å². The fraction of sp³-hybridized carbons (Fsp3) is 0.421.